The molecule has 5 nitrogen and oxygen atoms in total. The number of hydrogen-bond donors (Lipinski definition) is 0. The predicted octanol–water partition coefficient (Wildman–Crippen LogP) is 35.2. The van der Waals surface area contributed by atoms with Crippen LogP contribution >= 0.6 is 51.1 Å². The Morgan fingerprint density at radius 1 is 0.234 bits per heavy atom. The molecule has 6 aliphatic rings. The molecule has 0 N–H and O–H groups in total. The van der Waals surface area contributed by atoms with Crippen LogP contribution in [0.15, 0.2) is 0 Å². The number of unbranched alkanes of at least 4 members (excludes halogenated alkanes) is 15. The second kappa shape index (κ2) is 82.5. The van der Waals surface area contributed by atoms with Crippen molar-refractivity contribution in [3.63, 3.8) is 0 Å². The summed E-state index contributed by atoms with van der Waals surface area (Å²) in [6, 6.07) is 0. The molecule has 0 aromatic rings. The van der Waals surface area contributed by atoms with Crippen LogP contribution in [0.25, 0.3) is 0 Å². The molecular weight excluding hydrogens is 1680 g/mol. The van der Waals surface area contributed by atoms with E-state index in [1.807, 2.05) is 0 Å². The van der Waals surface area contributed by atoms with E-state index < -0.39 is 62.5 Å². The molecule has 0 aromatic carbocycles. The molecule has 0 aliphatic heterocycles. The van der Waals surface area contributed by atoms with Gasteiger partial charge in [-0.05, 0) is 233 Å². The third kappa shape index (κ3) is 95.5. The summed E-state index contributed by atoms with van der Waals surface area (Å²) in [5, 5.41) is 0. The first-order valence-corrected chi connectivity index (χ1v) is 61.5. The minimum atomic E-state index is -0.826. The van der Waals surface area contributed by atoms with Gasteiger partial charge in [0.25, 0.3) is 0 Å². The van der Waals surface area contributed by atoms with Gasteiger partial charge >= 0.3 is 114 Å². The van der Waals surface area contributed by atoms with Crippen molar-refractivity contribution in [1.29, 1.82) is 0 Å². The van der Waals surface area contributed by atoms with Gasteiger partial charge in [0.1, 0.15) is 0 Å². The van der Waals surface area contributed by atoms with Gasteiger partial charge in [-0.1, -0.05) is 267 Å². The van der Waals surface area contributed by atoms with E-state index in [1.54, 1.807) is 0 Å². The molecule has 0 spiro atoms. The predicted molar refractivity (Wildman–Crippen MR) is 482 cm³/mol. The van der Waals surface area contributed by atoms with Crippen LogP contribution in [-0.4, -0.2) is 61.0 Å². The van der Waals surface area contributed by atoms with E-state index in [-0.39, 0.29) is 72.6 Å². The van der Waals surface area contributed by atoms with Gasteiger partial charge in [0.15, 0.2) is 0 Å². The summed E-state index contributed by atoms with van der Waals surface area (Å²) in [6.07, 6.45) is 61.4. The molecule has 6 aliphatic carbocycles. The van der Waals surface area contributed by atoms with Crippen molar-refractivity contribution in [1.82, 2.24) is 0 Å². The molecule has 107 heavy (non-hydrogen) atoms. The van der Waals surface area contributed by atoms with Crippen molar-refractivity contribution in [3.8, 4) is 0 Å². The van der Waals surface area contributed by atoms with Crippen molar-refractivity contribution >= 4 is 51.1 Å². The van der Waals surface area contributed by atoms with Crippen LogP contribution in [0, 0.1) is 116 Å². The SMILES string of the molecule is CC(C)(C)OCCCCCCC1CCCC1.CC(C)(C)OCCCCCCC1CCCC1.CC1CC(C)C(C)C1C.CC1CCC(CCCCCCOC(C)(C)C)C1.CC1CCC(CCCCCCOC(C)(C)C)C1.CC1CCC(CCCCCCOC(C)(C)C)C1.[CH3-].[CH3-].[CH3-].[CH3-].[CH3-].[CH3-].[Cl][Zr+2][Cl].[Cl][Zr+2][Cl].[Cl][Zr+2][Cl]. The summed E-state index contributed by atoms with van der Waals surface area (Å²) in [6.45, 7) is 53.4. The molecule has 6 saturated carbocycles. The van der Waals surface area contributed by atoms with E-state index in [0.29, 0.717) is 0 Å². The van der Waals surface area contributed by atoms with Gasteiger partial charge in [-0.3, -0.25) is 0 Å². The zero-order chi connectivity index (χ0) is 77.0. The quantitative estimate of drug-likeness (QED) is 0.0467. The van der Waals surface area contributed by atoms with Crippen molar-refractivity contribution < 1.29 is 86.2 Å². The Hall–Kier alpha value is 4.19. The van der Waals surface area contributed by atoms with Crippen LogP contribution in [-0.2, 0) is 86.2 Å². The summed E-state index contributed by atoms with van der Waals surface area (Å²) < 4.78 is 28.6. The third-order valence-electron chi connectivity index (χ3n) is 21.9. The molecule has 10 unspecified atom stereocenters. The van der Waals surface area contributed by atoms with Crippen molar-refractivity contribution in [2.24, 2.45) is 71.0 Å². The van der Waals surface area contributed by atoms with Gasteiger partial charge in [0.2, 0.25) is 0 Å². The van der Waals surface area contributed by atoms with Gasteiger partial charge in [-0.2, -0.15) is 0 Å². The molecule has 0 heterocycles. The van der Waals surface area contributed by atoms with E-state index in [4.69, 9.17) is 74.8 Å². The summed E-state index contributed by atoms with van der Waals surface area (Å²) >= 11 is -2.48. The van der Waals surface area contributed by atoms with Crippen LogP contribution in [0.1, 0.15) is 428 Å². The fraction of sp³-hybridized carbons (Fsp3) is 0.935. The van der Waals surface area contributed by atoms with Crippen LogP contribution in [0.5, 0.6) is 0 Å². The number of ether oxygens (including phenoxy) is 5. The molecule has 14 heteroatoms. The Balaban J connectivity index is -0.000000149. The van der Waals surface area contributed by atoms with E-state index in [1.165, 1.54) is 276 Å². The Kier molecular flexibility index (Phi) is 99.7. The van der Waals surface area contributed by atoms with E-state index in [9.17, 15) is 0 Å². The first-order chi connectivity index (χ1) is 47.4. The summed E-state index contributed by atoms with van der Waals surface area (Å²) in [5.74, 6) is 12.2. The molecule has 0 radical (unpaired) electrons. The van der Waals surface area contributed by atoms with Crippen LogP contribution in [0.2, 0.25) is 0 Å². The molecular formula is C93H192Cl6O5Zr3. The molecule has 10 atom stereocenters. The Morgan fingerprint density at radius 3 is 0.542 bits per heavy atom. The second-order valence-electron chi connectivity index (χ2n) is 37.6. The summed E-state index contributed by atoms with van der Waals surface area (Å²) in [5.41, 5.74) is 0.216. The maximum absolute atomic E-state index is 5.72. The third-order valence-corrected chi connectivity index (χ3v) is 21.9. The average Bonchev–Trinajstić information content (AvgIpc) is 1.72. The van der Waals surface area contributed by atoms with Crippen molar-refractivity contribution in [3.05, 3.63) is 44.6 Å². The van der Waals surface area contributed by atoms with Gasteiger partial charge in [0.05, 0.1) is 28.0 Å². The molecule has 6 rings (SSSR count). The van der Waals surface area contributed by atoms with Gasteiger partial charge in [-0.15, -0.1) is 0 Å². The van der Waals surface area contributed by atoms with Crippen LogP contribution < -0.4 is 0 Å². The number of halogens is 6. The molecule has 0 aromatic heterocycles. The van der Waals surface area contributed by atoms with Gasteiger partial charge < -0.3 is 68.2 Å². The minimum absolute atomic E-state index is 0. The first-order valence-electron chi connectivity index (χ1n) is 42.5. The summed E-state index contributed by atoms with van der Waals surface area (Å²) in [7, 11) is 29.6. The Labute approximate surface area is 734 Å². The number of rotatable bonds is 35. The molecule has 6 fully saturated rings. The van der Waals surface area contributed by atoms with Crippen molar-refractivity contribution in [2.45, 2.75) is 456 Å². The molecule has 648 valence electrons. The normalized spacial score (nSPS) is 22.2. The Morgan fingerprint density at radius 2 is 0.402 bits per heavy atom. The zero-order valence-corrected chi connectivity index (χ0v) is 89.1. The second-order valence-corrected chi connectivity index (χ2v) is 48.8. The standard InChI is InChI=1S/3C16H32O.2C15H30O.C9H18.6CH3.6ClH.3Zr/c3*1-14-10-11-15(13-14)9-7-5-6-8-12-17-16(2,3)4;2*1-15(2,3)16-13-9-5-4-6-10-14-11-7-8-12-14;1-6-5-7(2)9(4)8(6)3;;;;;;;;;;;;;;;/h3*14-15H,5-13H2,1-4H3;2*14H,4-13H2,1-3H3;6-9H,5H2,1-4H3;6*1H3;6*1H;;;/q;;;;;;6*-1;;;;;;;3*+4/p-6. The topological polar surface area (TPSA) is 46.2 Å². The van der Waals surface area contributed by atoms with E-state index in [0.717, 1.165) is 104 Å². The fourth-order valence-corrected chi connectivity index (χ4v) is 15.7. The number of hydrogen-bond acceptors (Lipinski definition) is 5. The van der Waals surface area contributed by atoms with Crippen molar-refractivity contribution in [2.75, 3.05) is 33.0 Å². The Bertz CT molecular complexity index is 1550. The summed E-state index contributed by atoms with van der Waals surface area (Å²) in [4.78, 5) is 0. The van der Waals surface area contributed by atoms with E-state index >= 15 is 0 Å². The zero-order valence-electron chi connectivity index (χ0n) is 77.2. The van der Waals surface area contributed by atoms with Crippen LogP contribution in [0.4, 0.5) is 0 Å². The monoisotopic (exact) mass is 1870 g/mol. The fourth-order valence-electron chi connectivity index (χ4n) is 15.7. The first kappa shape index (κ1) is 129. The molecule has 0 amide bonds. The van der Waals surface area contributed by atoms with Gasteiger partial charge in [-0.25, -0.2) is 0 Å². The van der Waals surface area contributed by atoms with Gasteiger partial charge in [0, 0.05) is 33.0 Å². The molecule has 0 saturated heterocycles. The maximum atomic E-state index is 5.72. The van der Waals surface area contributed by atoms with E-state index in [2.05, 4.69) is 152 Å². The van der Waals surface area contributed by atoms with Crippen LogP contribution in [0.3, 0.4) is 0 Å². The average molecular weight is 1880 g/mol. The molecule has 0 bridgehead atoms.